The standard InChI is InChI=1S/C22H24F2N2O4/c1-4-22(23,24)17-11-9-15(10-12-17)14-5-7-16(8-6-14)21(30)26(3)19(18(28)13-27)20(29)25-2/h5-12,19,27H,4,13H2,1-3H3,(H,25,29). The van der Waals surface area contributed by atoms with E-state index in [-0.39, 0.29) is 17.5 Å². The smallest absolute Gasteiger partial charge is 0.273 e. The molecular weight excluding hydrogens is 394 g/mol. The molecule has 2 amide bonds. The van der Waals surface area contributed by atoms with Crippen LogP contribution in [0.4, 0.5) is 8.78 Å². The number of carbonyl (C=O) groups excluding carboxylic acids is 3. The molecule has 0 aliphatic rings. The lowest BCUT2D eigenvalue weighted by molar-refractivity contribution is -0.135. The van der Waals surface area contributed by atoms with E-state index in [4.69, 9.17) is 5.11 Å². The largest absolute Gasteiger partial charge is 0.388 e. The predicted octanol–water partition coefficient (Wildman–Crippen LogP) is 2.60. The number of carbonyl (C=O) groups is 3. The predicted molar refractivity (Wildman–Crippen MR) is 108 cm³/mol. The highest BCUT2D eigenvalue weighted by Crippen LogP contribution is 2.32. The zero-order valence-corrected chi connectivity index (χ0v) is 17.0. The number of nitrogens with zero attached hydrogens (tertiary/aromatic N) is 1. The zero-order chi connectivity index (χ0) is 22.5. The second kappa shape index (κ2) is 9.58. The number of rotatable bonds is 8. The molecule has 0 fully saturated rings. The molecule has 8 heteroatoms. The van der Waals surface area contributed by atoms with Crippen LogP contribution in [0, 0.1) is 0 Å². The second-order valence-corrected chi connectivity index (χ2v) is 6.77. The van der Waals surface area contributed by atoms with Crippen molar-refractivity contribution in [3.8, 4) is 11.1 Å². The Morgan fingerprint density at radius 1 is 1.03 bits per heavy atom. The van der Waals surface area contributed by atoms with Crippen molar-refractivity contribution in [1.29, 1.82) is 0 Å². The number of aliphatic hydroxyl groups excluding tert-OH is 1. The summed E-state index contributed by atoms with van der Waals surface area (Å²) in [5.74, 6) is -4.96. The van der Waals surface area contributed by atoms with Crippen molar-refractivity contribution < 1.29 is 28.3 Å². The topological polar surface area (TPSA) is 86.7 Å². The van der Waals surface area contributed by atoms with Crippen LogP contribution in [-0.2, 0) is 15.5 Å². The van der Waals surface area contributed by atoms with Gasteiger partial charge in [-0.1, -0.05) is 43.3 Å². The number of benzene rings is 2. The summed E-state index contributed by atoms with van der Waals surface area (Å²) in [6.07, 6.45) is -0.285. The van der Waals surface area contributed by atoms with E-state index in [0.717, 1.165) is 10.5 Å². The maximum atomic E-state index is 13.8. The first-order valence-electron chi connectivity index (χ1n) is 9.37. The van der Waals surface area contributed by atoms with Gasteiger partial charge in [-0.2, -0.15) is 0 Å². The van der Waals surface area contributed by atoms with Gasteiger partial charge < -0.3 is 15.3 Å². The van der Waals surface area contributed by atoms with Crippen LogP contribution in [0.1, 0.15) is 29.3 Å². The molecule has 6 nitrogen and oxygen atoms in total. The minimum atomic E-state index is -2.88. The molecule has 0 aromatic heterocycles. The van der Waals surface area contributed by atoms with E-state index in [1.54, 1.807) is 24.3 Å². The highest BCUT2D eigenvalue weighted by Gasteiger charge is 2.33. The Morgan fingerprint density at radius 2 is 1.53 bits per heavy atom. The van der Waals surface area contributed by atoms with Crippen LogP contribution in [0.5, 0.6) is 0 Å². The third kappa shape index (κ3) is 4.88. The molecule has 0 aliphatic heterocycles. The van der Waals surface area contributed by atoms with Gasteiger partial charge >= 0.3 is 0 Å². The third-order valence-corrected chi connectivity index (χ3v) is 4.88. The molecule has 0 radical (unpaired) electrons. The summed E-state index contributed by atoms with van der Waals surface area (Å²) in [6, 6.07) is 10.8. The lowest BCUT2D eigenvalue weighted by atomic mass is 9.99. The van der Waals surface area contributed by atoms with Gasteiger partial charge in [0.2, 0.25) is 5.91 Å². The van der Waals surface area contributed by atoms with Crippen molar-refractivity contribution in [2.24, 2.45) is 0 Å². The summed E-state index contributed by atoms with van der Waals surface area (Å²) < 4.78 is 27.5. The zero-order valence-electron chi connectivity index (χ0n) is 17.0. The molecule has 2 aromatic carbocycles. The van der Waals surface area contributed by atoms with Crippen LogP contribution in [0.15, 0.2) is 48.5 Å². The van der Waals surface area contributed by atoms with E-state index >= 15 is 0 Å². The first-order valence-corrected chi connectivity index (χ1v) is 9.37. The number of amides is 2. The summed E-state index contributed by atoms with van der Waals surface area (Å²) in [7, 11) is 2.63. The number of aliphatic hydroxyl groups is 1. The molecule has 2 rings (SSSR count). The van der Waals surface area contributed by atoms with E-state index in [1.165, 1.54) is 45.3 Å². The minimum absolute atomic E-state index is 0.0593. The van der Waals surface area contributed by atoms with E-state index in [0.29, 0.717) is 5.56 Å². The Morgan fingerprint density at radius 3 is 1.97 bits per heavy atom. The Hall–Kier alpha value is -3.13. The highest BCUT2D eigenvalue weighted by atomic mass is 19.3. The molecule has 2 N–H and O–H groups in total. The lowest BCUT2D eigenvalue weighted by Crippen LogP contribution is -2.52. The van der Waals surface area contributed by atoms with Gasteiger partial charge in [0.1, 0.15) is 6.61 Å². The fourth-order valence-electron chi connectivity index (χ4n) is 3.00. The van der Waals surface area contributed by atoms with Gasteiger partial charge in [-0.3, -0.25) is 14.4 Å². The highest BCUT2D eigenvalue weighted by molar-refractivity contribution is 6.10. The molecule has 1 atom stereocenters. The Kier molecular flexibility index (Phi) is 7.39. The number of hydrogen-bond acceptors (Lipinski definition) is 4. The van der Waals surface area contributed by atoms with Crippen LogP contribution >= 0.6 is 0 Å². The summed E-state index contributed by atoms with van der Waals surface area (Å²) in [5, 5.41) is 11.4. The van der Waals surface area contributed by atoms with E-state index in [2.05, 4.69) is 5.32 Å². The number of alkyl halides is 2. The fourth-order valence-corrected chi connectivity index (χ4v) is 3.00. The Labute approximate surface area is 173 Å². The van der Waals surface area contributed by atoms with Crippen molar-refractivity contribution in [2.45, 2.75) is 25.3 Å². The summed E-state index contributed by atoms with van der Waals surface area (Å²) >= 11 is 0. The first kappa shape index (κ1) is 23.2. The van der Waals surface area contributed by atoms with Gasteiger partial charge in [-0.15, -0.1) is 0 Å². The van der Waals surface area contributed by atoms with E-state index < -0.39 is 36.2 Å². The van der Waals surface area contributed by atoms with Gasteiger partial charge in [0, 0.05) is 31.6 Å². The fraction of sp³-hybridized carbons (Fsp3) is 0.318. The maximum Gasteiger partial charge on any atom is 0.273 e. The molecule has 30 heavy (non-hydrogen) atoms. The molecule has 160 valence electrons. The third-order valence-electron chi connectivity index (χ3n) is 4.88. The minimum Gasteiger partial charge on any atom is -0.388 e. The molecule has 0 saturated heterocycles. The van der Waals surface area contributed by atoms with Crippen LogP contribution in [-0.4, -0.2) is 54.3 Å². The molecule has 0 saturated carbocycles. The second-order valence-electron chi connectivity index (χ2n) is 6.77. The average Bonchev–Trinajstić information content (AvgIpc) is 2.78. The van der Waals surface area contributed by atoms with Gasteiger partial charge in [-0.05, 0) is 23.3 Å². The summed E-state index contributed by atoms with van der Waals surface area (Å²) in [4.78, 5) is 37.5. The molecule has 0 spiro atoms. The van der Waals surface area contributed by atoms with Crippen molar-refractivity contribution >= 4 is 17.6 Å². The van der Waals surface area contributed by atoms with Crippen molar-refractivity contribution in [3.63, 3.8) is 0 Å². The number of likely N-dealkylation sites (N-methyl/N-ethyl adjacent to an activating group) is 2. The van der Waals surface area contributed by atoms with Crippen LogP contribution < -0.4 is 5.32 Å². The van der Waals surface area contributed by atoms with Gasteiger partial charge in [0.15, 0.2) is 11.8 Å². The molecule has 1 unspecified atom stereocenters. The lowest BCUT2D eigenvalue weighted by Gasteiger charge is -2.25. The first-order chi connectivity index (χ1) is 14.2. The molecular formula is C22H24F2N2O4. The number of nitrogens with one attached hydrogen (secondary N) is 1. The van der Waals surface area contributed by atoms with Gasteiger partial charge in [0.05, 0.1) is 0 Å². The van der Waals surface area contributed by atoms with Crippen LogP contribution in [0.2, 0.25) is 0 Å². The van der Waals surface area contributed by atoms with Gasteiger partial charge in [-0.25, -0.2) is 8.78 Å². The summed E-state index contributed by atoms with van der Waals surface area (Å²) in [6.45, 7) is 0.547. The Bertz CT molecular complexity index is 896. The van der Waals surface area contributed by atoms with Crippen molar-refractivity contribution in [1.82, 2.24) is 10.2 Å². The van der Waals surface area contributed by atoms with E-state index in [1.807, 2.05) is 0 Å². The molecule has 2 aromatic rings. The van der Waals surface area contributed by atoms with Crippen molar-refractivity contribution in [3.05, 3.63) is 59.7 Å². The SMILES string of the molecule is CCC(F)(F)c1ccc(-c2ccc(C(=O)N(C)C(C(=O)CO)C(=O)NC)cc2)cc1. The maximum absolute atomic E-state index is 13.8. The Balaban J connectivity index is 2.23. The van der Waals surface area contributed by atoms with Gasteiger partial charge in [0.25, 0.3) is 11.8 Å². The number of ketones is 1. The monoisotopic (exact) mass is 418 g/mol. The molecule has 0 aliphatic carbocycles. The van der Waals surface area contributed by atoms with Crippen LogP contribution in [0.3, 0.4) is 0 Å². The summed E-state index contributed by atoms with van der Waals surface area (Å²) in [5.41, 5.74) is 1.59. The number of halogens is 2. The number of Topliss-reactive ketones (excluding diaryl/α,β-unsaturated/α-hetero) is 1. The molecule has 0 heterocycles. The number of hydrogen-bond donors (Lipinski definition) is 2. The molecule has 0 bridgehead atoms. The quantitative estimate of drug-likeness (QED) is 0.646. The van der Waals surface area contributed by atoms with E-state index in [9.17, 15) is 23.2 Å². The van der Waals surface area contributed by atoms with Crippen LogP contribution in [0.25, 0.3) is 11.1 Å². The average molecular weight is 418 g/mol. The van der Waals surface area contributed by atoms with Crippen molar-refractivity contribution in [2.75, 3.05) is 20.7 Å². The normalized spacial score (nSPS) is 12.2.